The lowest BCUT2D eigenvalue weighted by atomic mass is 10.0. The first-order valence-corrected chi connectivity index (χ1v) is 40.7. The van der Waals surface area contributed by atoms with Crippen molar-refractivity contribution in [2.24, 2.45) is 23.7 Å². The van der Waals surface area contributed by atoms with E-state index in [4.69, 9.17) is 37.0 Å². The molecule has 0 amide bonds. The highest BCUT2D eigenvalue weighted by Crippen LogP contribution is 2.45. The monoisotopic (exact) mass is 1350 g/mol. The minimum Gasteiger partial charge on any atom is -0.462 e. The Morgan fingerprint density at radius 3 is 0.674 bits per heavy atom. The van der Waals surface area contributed by atoms with Gasteiger partial charge in [-0.1, -0.05) is 312 Å². The maximum absolute atomic E-state index is 13.1. The Bertz CT molecular complexity index is 1820. The second kappa shape index (κ2) is 62.6. The molecule has 0 aromatic rings. The van der Waals surface area contributed by atoms with Crippen LogP contribution in [0.4, 0.5) is 0 Å². The zero-order valence-electron chi connectivity index (χ0n) is 60.2. The van der Waals surface area contributed by atoms with Crippen LogP contribution in [0.5, 0.6) is 0 Å². The summed E-state index contributed by atoms with van der Waals surface area (Å²) >= 11 is 0. The number of rotatable bonds is 70. The molecule has 5 atom stereocenters. The lowest BCUT2D eigenvalue weighted by molar-refractivity contribution is -0.161. The van der Waals surface area contributed by atoms with Crippen LogP contribution in [0.25, 0.3) is 0 Å². The number of esters is 4. The Morgan fingerprint density at radius 1 is 0.272 bits per heavy atom. The number of carbonyl (C=O) groups excluding carboxylic acids is 4. The van der Waals surface area contributed by atoms with Gasteiger partial charge in [-0.15, -0.1) is 0 Å². The highest BCUT2D eigenvalue weighted by atomic mass is 31.2. The third kappa shape index (κ3) is 66.7. The van der Waals surface area contributed by atoms with E-state index in [1.807, 2.05) is 0 Å². The summed E-state index contributed by atoms with van der Waals surface area (Å²) in [7, 11) is -9.91. The van der Waals surface area contributed by atoms with Gasteiger partial charge in [0, 0.05) is 25.7 Å². The van der Waals surface area contributed by atoms with Gasteiger partial charge in [-0.2, -0.15) is 0 Å². The number of ether oxygens (including phenoxy) is 4. The van der Waals surface area contributed by atoms with Crippen LogP contribution in [0.1, 0.15) is 364 Å². The average molecular weight is 1350 g/mol. The molecule has 0 bridgehead atoms. The van der Waals surface area contributed by atoms with E-state index in [1.54, 1.807) is 0 Å². The van der Waals surface area contributed by atoms with Crippen LogP contribution in [-0.4, -0.2) is 96.7 Å². The van der Waals surface area contributed by atoms with Crippen molar-refractivity contribution < 1.29 is 80.2 Å². The number of carbonyl (C=O) groups is 4. The minimum atomic E-state index is -4.96. The summed E-state index contributed by atoms with van der Waals surface area (Å²) in [5.74, 6) is 0.864. The fourth-order valence-electron chi connectivity index (χ4n) is 11.0. The molecule has 17 nitrogen and oxygen atoms in total. The fourth-order valence-corrected chi connectivity index (χ4v) is 12.6. The van der Waals surface area contributed by atoms with E-state index < -0.39 is 97.5 Å². The Balaban J connectivity index is 5.24. The zero-order valence-corrected chi connectivity index (χ0v) is 62.0. The van der Waals surface area contributed by atoms with Crippen LogP contribution in [0.15, 0.2) is 0 Å². The van der Waals surface area contributed by atoms with E-state index >= 15 is 0 Å². The number of aliphatic hydroxyl groups excluding tert-OH is 1. The van der Waals surface area contributed by atoms with Crippen molar-refractivity contribution in [1.82, 2.24) is 0 Å². The normalized spacial score (nSPS) is 14.2. The topological polar surface area (TPSA) is 237 Å². The second-order valence-electron chi connectivity index (χ2n) is 28.2. The van der Waals surface area contributed by atoms with E-state index in [9.17, 15) is 43.2 Å². The van der Waals surface area contributed by atoms with E-state index in [1.165, 1.54) is 167 Å². The van der Waals surface area contributed by atoms with E-state index in [0.29, 0.717) is 25.7 Å². The van der Waals surface area contributed by atoms with E-state index in [-0.39, 0.29) is 25.7 Å². The van der Waals surface area contributed by atoms with Gasteiger partial charge in [0.2, 0.25) is 0 Å². The number of phosphoric acid groups is 2. The molecule has 3 N–H and O–H groups in total. The molecule has 0 rings (SSSR count). The number of unbranched alkanes of at least 4 members (excludes halogenated alkanes) is 36. The van der Waals surface area contributed by atoms with Crippen molar-refractivity contribution in [3.05, 3.63) is 0 Å². The molecule has 0 fully saturated rings. The van der Waals surface area contributed by atoms with Gasteiger partial charge in [0.15, 0.2) is 12.2 Å². The molecule has 0 saturated heterocycles. The molecular formula is C73H142O17P2. The molecule has 0 radical (unpaired) electrons. The van der Waals surface area contributed by atoms with E-state index in [0.717, 1.165) is 114 Å². The molecule has 0 spiro atoms. The molecule has 0 saturated carbocycles. The zero-order chi connectivity index (χ0) is 68.2. The van der Waals surface area contributed by atoms with Crippen LogP contribution in [0.3, 0.4) is 0 Å². The standard InChI is InChI=1S/C73H142O17P2/c1-63(2)49-41-33-25-17-14-12-10-9-11-13-15-19-31-39-47-55-72(77)89-68(59-83-70(75)53-45-37-29-20-16-18-26-34-42-50-64(3)4)61-87-91(79,80)85-57-67(74)58-86-92(81,82)88-62-69(90-73(78)56-48-40-32-24-22-28-36-44-52-66(7)8)60-84-71(76)54-46-38-30-23-21-27-35-43-51-65(5)6/h63-69,74H,9-62H2,1-8H3,(H,79,80)(H,81,82)/t67?,68-,69-/m1/s1. The number of phosphoric ester groups is 2. The molecular weight excluding hydrogens is 1210 g/mol. The molecule has 546 valence electrons. The van der Waals surface area contributed by atoms with Crippen LogP contribution < -0.4 is 0 Å². The third-order valence-electron chi connectivity index (χ3n) is 16.8. The van der Waals surface area contributed by atoms with Crippen LogP contribution in [0.2, 0.25) is 0 Å². The minimum absolute atomic E-state index is 0.103. The Labute approximate surface area is 562 Å². The van der Waals surface area contributed by atoms with Crippen LogP contribution >= 0.6 is 15.6 Å². The van der Waals surface area contributed by atoms with Gasteiger partial charge in [0.05, 0.1) is 26.4 Å². The van der Waals surface area contributed by atoms with E-state index in [2.05, 4.69) is 55.4 Å². The van der Waals surface area contributed by atoms with Crippen molar-refractivity contribution in [3.8, 4) is 0 Å². The largest absolute Gasteiger partial charge is 0.472 e. The highest BCUT2D eigenvalue weighted by molar-refractivity contribution is 7.47. The summed E-state index contributed by atoms with van der Waals surface area (Å²) in [5.41, 5.74) is 0. The van der Waals surface area contributed by atoms with Crippen molar-refractivity contribution >= 4 is 39.5 Å². The van der Waals surface area contributed by atoms with Gasteiger partial charge < -0.3 is 33.8 Å². The first kappa shape index (κ1) is 90.1. The molecule has 0 heterocycles. The van der Waals surface area contributed by atoms with Crippen molar-refractivity contribution in [3.63, 3.8) is 0 Å². The predicted octanol–water partition coefficient (Wildman–Crippen LogP) is 20.9. The quantitative estimate of drug-likeness (QED) is 0.0222. The average Bonchev–Trinajstić information content (AvgIpc) is 1.86. The molecule has 0 aromatic heterocycles. The molecule has 19 heteroatoms. The van der Waals surface area contributed by atoms with Gasteiger partial charge in [0.25, 0.3) is 0 Å². The maximum Gasteiger partial charge on any atom is 0.472 e. The van der Waals surface area contributed by atoms with Crippen molar-refractivity contribution in [2.75, 3.05) is 39.6 Å². The smallest absolute Gasteiger partial charge is 0.462 e. The maximum atomic E-state index is 13.1. The van der Waals surface area contributed by atoms with Gasteiger partial charge >= 0.3 is 39.5 Å². The van der Waals surface area contributed by atoms with Gasteiger partial charge in [-0.25, -0.2) is 9.13 Å². The van der Waals surface area contributed by atoms with Crippen molar-refractivity contribution in [1.29, 1.82) is 0 Å². The van der Waals surface area contributed by atoms with Crippen LogP contribution in [-0.2, 0) is 65.4 Å². The number of hydrogen-bond donors (Lipinski definition) is 3. The first-order chi connectivity index (χ1) is 44.1. The summed E-state index contributed by atoms with van der Waals surface area (Å²) in [4.78, 5) is 72.6. The second-order valence-corrected chi connectivity index (χ2v) is 31.1. The third-order valence-corrected chi connectivity index (χ3v) is 18.7. The number of hydrogen-bond acceptors (Lipinski definition) is 15. The highest BCUT2D eigenvalue weighted by Gasteiger charge is 2.30. The summed E-state index contributed by atoms with van der Waals surface area (Å²) < 4.78 is 68.4. The molecule has 92 heavy (non-hydrogen) atoms. The summed E-state index contributed by atoms with van der Waals surface area (Å²) in [6.07, 6.45) is 45.9. The van der Waals surface area contributed by atoms with Crippen LogP contribution in [0, 0.1) is 23.7 Å². The van der Waals surface area contributed by atoms with Gasteiger partial charge in [-0.3, -0.25) is 37.3 Å². The predicted molar refractivity (Wildman–Crippen MR) is 372 cm³/mol. The fraction of sp³-hybridized carbons (Fsp3) is 0.945. The molecule has 0 aliphatic carbocycles. The molecule has 0 aromatic carbocycles. The lowest BCUT2D eigenvalue weighted by Crippen LogP contribution is -2.30. The molecule has 0 aliphatic rings. The molecule has 0 aliphatic heterocycles. The lowest BCUT2D eigenvalue weighted by Gasteiger charge is -2.21. The summed E-state index contributed by atoms with van der Waals surface area (Å²) in [5, 5.41) is 10.6. The Kier molecular flexibility index (Phi) is 61.3. The Hall–Kier alpha value is -1.94. The Morgan fingerprint density at radius 2 is 0.457 bits per heavy atom. The van der Waals surface area contributed by atoms with Gasteiger partial charge in [0.1, 0.15) is 19.3 Å². The van der Waals surface area contributed by atoms with Gasteiger partial charge in [-0.05, 0) is 49.4 Å². The van der Waals surface area contributed by atoms with Crippen molar-refractivity contribution in [2.45, 2.75) is 382 Å². The summed E-state index contributed by atoms with van der Waals surface area (Å²) in [6, 6.07) is 0. The SMILES string of the molecule is CC(C)CCCCCCCCCCCCCCCCCC(=O)O[C@H](COC(=O)CCCCCCCCCCCC(C)C)COP(=O)(O)OCC(O)COP(=O)(O)OC[C@@H](COC(=O)CCCCCCCCCCC(C)C)OC(=O)CCCCCCCCCCC(C)C. The number of aliphatic hydroxyl groups is 1. The summed E-state index contributed by atoms with van der Waals surface area (Å²) in [6.45, 7) is 14.1. The molecule has 3 unspecified atom stereocenters. The first-order valence-electron chi connectivity index (χ1n) is 37.7.